The second-order valence-corrected chi connectivity index (χ2v) is 7.91. The molecule has 10 heteroatoms. The number of hydrogen-bond donors (Lipinski definition) is 2. The third-order valence-electron chi connectivity index (χ3n) is 4.42. The van der Waals surface area contributed by atoms with Gasteiger partial charge in [-0.1, -0.05) is 0 Å². The number of thioether (sulfide) groups is 1. The number of piperidine rings is 1. The summed E-state index contributed by atoms with van der Waals surface area (Å²) in [7, 11) is 3.38. The van der Waals surface area contributed by atoms with Crippen LogP contribution in [0.3, 0.4) is 0 Å². The van der Waals surface area contributed by atoms with E-state index in [1.165, 1.54) is 9.80 Å². The summed E-state index contributed by atoms with van der Waals surface area (Å²) >= 11 is 1.72. The van der Waals surface area contributed by atoms with Crippen molar-refractivity contribution in [2.45, 2.75) is 25.4 Å². The van der Waals surface area contributed by atoms with Crippen molar-refractivity contribution in [3.63, 3.8) is 0 Å². The Morgan fingerprint density at radius 3 is 2.41 bits per heavy atom. The second kappa shape index (κ2) is 12.3. The number of likely N-dealkylation sites (N-methyl/N-ethyl adjacent to an activating group) is 1. The molecule has 1 rings (SSSR count). The zero-order valence-corrected chi connectivity index (χ0v) is 17.3. The van der Waals surface area contributed by atoms with Crippen LogP contribution in [0, 0.1) is 5.92 Å². The van der Waals surface area contributed by atoms with Crippen molar-refractivity contribution in [2.75, 3.05) is 65.4 Å². The molecule has 1 amide bonds. The van der Waals surface area contributed by atoms with Gasteiger partial charge in [-0.3, -0.25) is 9.69 Å². The van der Waals surface area contributed by atoms with Gasteiger partial charge in [0.1, 0.15) is 6.54 Å². The highest BCUT2D eigenvalue weighted by Gasteiger charge is 2.32. The molecule has 1 heterocycles. The third kappa shape index (κ3) is 11.3. The van der Waals surface area contributed by atoms with Crippen molar-refractivity contribution < 1.29 is 18.0 Å². The average Bonchev–Trinajstić information content (AvgIpc) is 2.59. The highest BCUT2D eigenvalue weighted by molar-refractivity contribution is 7.98. The molecule has 1 aliphatic rings. The van der Waals surface area contributed by atoms with Crippen LogP contribution < -0.4 is 10.6 Å². The molecule has 0 saturated carbocycles. The number of aliphatic imine (C=N–C) groups is 1. The van der Waals surface area contributed by atoms with Gasteiger partial charge in [-0.15, -0.1) is 0 Å². The summed E-state index contributed by atoms with van der Waals surface area (Å²) < 4.78 is 37.3. The number of guanidine groups is 1. The lowest BCUT2D eigenvalue weighted by molar-refractivity contribution is -0.148. The third-order valence-corrected chi connectivity index (χ3v) is 5.04. The molecule has 0 spiro atoms. The van der Waals surface area contributed by atoms with Crippen molar-refractivity contribution >= 4 is 23.6 Å². The van der Waals surface area contributed by atoms with Gasteiger partial charge in [-0.05, 0) is 44.5 Å². The molecule has 158 valence electrons. The van der Waals surface area contributed by atoms with Gasteiger partial charge in [0.05, 0.1) is 6.54 Å². The van der Waals surface area contributed by atoms with E-state index < -0.39 is 12.7 Å². The second-order valence-electron chi connectivity index (χ2n) is 6.92. The van der Waals surface area contributed by atoms with Gasteiger partial charge in [0, 0.05) is 32.9 Å². The van der Waals surface area contributed by atoms with E-state index in [2.05, 4.69) is 15.6 Å². The number of amides is 1. The van der Waals surface area contributed by atoms with Crippen LogP contribution in [0.15, 0.2) is 4.99 Å². The maximum absolute atomic E-state index is 12.4. The van der Waals surface area contributed by atoms with E-state index in [4.69, 9.17) is 0 Å². The van der Waals surface area contributed by atoms with Crippen LogP contribution in [0.5, 0.6) is 0 Å². The highest BCUT2D eigenvalue weighted by atomic mass is 32.2. The van der Waals surface area contributed by atoms with Gasteiger partial charge >= 0.3 is 6.18 Å². The molecule has 0 radical (unpaired) electrons. The summed E-state index contributed by atoms with van der Waals surface area (Å²) in [5.41, 5.74) is 0. The minimum Gasteiger partial charge on any atom is -0.356 e. The largest absolute Gasteiger partial charge is 0.401 e. The molecular weight excluding hydrogens is 379 g/mol. The van der Waals surface area contributed by atoms with Crippen molar-refractivity contribution in [3.8, 4) is 0 Å². The molecular formula is C17H32F3N5OS. The van der Waals surface area contributed by atoms with Crippen molar-refractivity contribution in [1.82, 2.24) is 20.4 Å². The van der Waals surface area contributed by atoms with Gasteiger partial charge in [-0.2, -0.15) is 24.9 Å². The maximum atomic E-state index is 12.4. The number of carbonyl (C=O) groups is 1. The number of nitrogens with zero attached hydrogens (tertiary/aromatic N) is 3. The van der Waals surface area contributed by atoms with Crippen molar-refractivity contribution in [1.29, 1.82) is 0 Å². The molecule has 1 saturated heterocycles. The van der Waals surface area contributed by atoms with Gasteiger partial charge in [0.25, 0.3) is 0 Å². The quantitative estimate of drug-likeness (QED) is 0.343. The number of carbonyl (C=O) groups excluding carboxylic acids is 1. The summed E-state index contributed by atoms with van der Waals surface area (Å²) in [6.07, 6.45) is 0.343. The Bertz CT molecular complexity index is 466. The number of halogens is 3. The Morgan fingerprint density at radius 1 is 1.22 bits per heavy atom. The predicted molar refractivity (Wildman–Crippen MR) is 105 cm³/mol. The number of likely N-dealkylation sites (tertiary alicyclic amines) is 1. The minimum atomic E-state index is -4.12. The van der Waals surface area contributed by atoms with Gasteiger partial charge in [0.2, 0.25) is 5.91 Å². The predicted octanol–water partition coefficient (Wildman–Crippen LogP) is 1.64. The molecule has 0 bridgehead atoms. The Kier molecular flexibility index (Phi) is 10.9. The smallest absolute Gasteiger partial charge is 0.356 e. The normalized spacial score (nSPS) is 17.0. The average molecular weight is 412 g/mol. The number of hydrogen-bond acceptors (Lipinski definition) is 4. The standard InChI is InChI=1S/C17H32F3N5OS/c1-24(2)15(26)12-23-16(22-8-11-27-3)21-7-4-14-5-9-25(10-6-14)13-17(18,19)20/h14H,4-13H2,1-3H3,(H2,21,22,23). The lowest BCUT2D eigenvalue weighted by atomic mass is 9.93. The Balaban J connectivity index is 2.36. The molecule has 1 aliphatic heterocycles. The molecule has 0 aromatic rings. The molecule has 0 aromatic carbocycles. The zero-order valence-electron chi connectivity index (χ0n) is 16.4. The lowest BCUT2D eigenvalue weighted by Gasteiger charge is -2.32. The Hall–Kier alpha value is -1.16. The molecule has 0 aromatic heterocycles. The van der Waals surface area contributed by atoms with Crippen LogP contribution in [-0.4, -0.2) is 93.2 Å². The molecule has 2 N–H and O–H groups in total. The molecule has 0 atom stereocenters. The van der Waals surface area contributed by atoms with Gasteiger partial charge in [0.15, 0.2) is 5.96 Å². The Morgan fingerprint density at radius 2 is 1.85 bits per heavy atom. The molecule has 27 heavy (non-hydrogen) atoms. The van der Waals surface area contributed by atoms with Crippen LogP contribution in [0.25, 0.3) is 0 Å². The SMILES string of the molecule is CSCCNC(=NCC(=O)N(C)C)NCCC1CCN(CC(F)(F)F)CC1. The monoisotopic (exact) mass is 411 g/mol. The number of alkyl halides is 3. The summed E-state index contributed by atoms with van der Waals surface area (Å²) in [5, 5.41) is 6.43. The first kappa shape index (κ1) is 23.9. The first-order valence-corrected chi connectivity index (χ1v) is 10.6. The first-order chi connectivity index (χ1) is 12.7. The van der Waals surface area contributed by atoms with Crippen LogP contribution in [0.2, 0.25) is 0 Å². The fourth-order valence-corrected chi connectivity index (χ4v) is 3.12. The molecule has 0 unspecified atom stereocenters. The summed E-state index contributed by atoms with van der Waals surface area (Å²) in [6.45, 7) is 1.69. The van der Waals surface area contributed by atoms with E-state index in [1.807, 2.05) is 6.26 Å². The summed E-state index contributed by atoms with van der Waals surface area (Å²) in [5.74, 6) is 1.88. The van der Waals surface area contributed by atoms with Crippen LogP contribution >= 0.6 is 11.8 Å². The molecule has 6 nitrogen and oxygen atoms in total. The minimum absolute atomic E-state index is 0.0713. The Labute approximate surface area is 164 Å². The van der Waals surface area contributed by atoms with Crippen LogP contribution in [0.4, 0.5) is 13.2 Å². The first-order valence-electron chi connectivity index (χ1n) is 9.21. The highest BCUT2D eigenvalue weighted by Crippen LogP contribution is 2.23. The van der Waals surface area contributed by atoms with Gasteiger partial charge < -0.3 is 15.5 Å². The number of nitrogens with one attached hydrogen (secondary N) is 2. The van der Waals surface area contributed by atoms with E-state index in [-0.39, 0.29) is 12.5 Å². The van der Waals surface area contributed by atoms with E-state index in [0.29, 0.717) is 31.5 Å². The van der Waals surface area contributed by atoms with E-state index in [1.54, 1.807) is 25.9 Å². The van der Waals surface area contributed by atoms with E-state index >= 15 is 0 Å². The molecule has 0 aliphatic carbocycles. The lowest BCUT2D eigenvalue weighted by Crippen LogP contribution is -2.42. The van der Waals surface area contributed by atoms with Crippen LogP contribution in [-0.2, 0) is 4.79 Å². The van der Waals surface area contributed by atoms with Crippen molar-refractivity contribution in [2.24, 2.45) is 10.9 Å². The zero-order chi connectivity index (χ0) is 20.3. The maximum Gasteiger partial charge on any atom is 0.401 e. The summed E-state index contributed by atoms with van der Waals surface area (Å²) in [4.78, 5) is 19.0. The topological polar surface area (TPSA) is 60.0 Å². The fraction of sp³-hybridized carbons (Fsp3) is 0.882. The van der Waals surface area contributed by atoms with E-state index in [9.17, 15) is 18.0 Å². The van der Waals surface area contributed by atoms with E-state index in [0.717, 1.165) is 31.6 Å². The summed E-state index contributed by atoms with van der Waals surface area (Å²) in [6, 6.07) is 0. The van der Waals surface area contributed by atoms with Gasteiger partial charge in [-0.25, -0.2) is 4.99 Å². The van der Waals surface area contributed by atoms with Crippen LogP contribution in [0.1, 0.15) is 19.3 Å². The number of rotatable bonds is 9. The molecule has 1 fully saturated rings. The van der Waals surface area contributed by atoms with Crippen molar-refractivity contribution in [3.05, 3.63) is 0 Å². The fourth-order valence-electron chi connectivity index (χ4n) is 2.82.